The van der Waals surface area contributed by atoms with E-state index in [1.807, 2.05) is 44.2 Å². The minimum atomic E-state index is 0.536. The molecular formula is C17H22N6O2. The normalized spacial score (nSPS) is 10.8. The lowest BCUT2D eigenvalue weighted by Crippen LogP contribution is -2.15. The molecule has 0 saturated carbocycles. The van der Waals surface area contributed by atoms with Crippen LogP contribution in [-0.2, 0) is 13.6 Å². The van der Waals surface area contributed by atoms with Gasteiger partial charge in [-0.25, -0.2) is 0 Å². The zero-order valence-electron chi connectivity index (χ0n) is 15.1. The molecule has 0 unspecified atom stereocenters. The minimum absolute atomic E-state index is 0.536. The van der Waals surface area contributed by atoms with E-state index in [1.165, 1.54) is 0 Å². The van der Waals surface area contributed by atoms with Crippen molar-refractivity contribution in [1.82, 2.24) is 19.7 Å². The fourth-order valence-corrected chi connectivity index (χ4v) is 2.54. The number of nitrogens with one attached hydrogen (secondary N) is 1. The van der Waals surface area contributed by atoms with E-state index in [9.17, 15) is 0 Å². The Bertz CT molecular complexity index is 890. The highest BCUT2D eigenvalue weighted by atomic mass is 16.5. The molecular weight excluding hydrogens is 320 g/mol. The van der Waals surface area contributed by atoms with Gasteiger partial charge in [-0.3, -0.25) is 4.68 Å². The summed E-state index contributed by atoms with van der Waals surface area (Å²) in [6, 6.07) is 5.71. The Labute approximate surface area is 146 Å². The summed E-state index contributed by atoms with van der Waals surface area (Å²) >= 11 is 0. The van der Waals surface area contributed by atoms with Gasteiger partial charge in [-0.15, -0.1) is 0 Å². The van der Waals surface area contributed by atoms with Gasteiger partial charge in [0, 0.05) is 33.3 Å². The molecule has 1 aromatic carbocycles. The predicted octanol–water partition coefficient (Wildman–Crippen LogP) is 2.06. The number of hydrogen-bond acceptors (Lipinski definition) is 7. The molecule has 132 valence electrons. The lowest BCUT2D eigenvalue weighted by atomic mass is 10.2. The van der Waals surface area contributed by atoms with E-state index in [2.05, 4.69) is 20.4 Å². The molecule has 8 nitrogen and oxygen atoms in total. The van der Waals surface area contributed by atoms with E-state index in [4.69, 9.17) is 9.47 Å². The maximum absolute atomic E-state index is 5.43. The highest BCUT2D eigenvalue weighted by Crippen LogP contribution is 2.27. The molecule has 0 aliphatic carbocycles. The average Bonchev–Trinajstić information content (AvgIpc) is 3.00. The van der Waals surface area contributed by atoms with Crippen LogP contribution in [0.5, 0.6) is 11.5 Å². The zero-order chi connectivity index (χ0) is 18.0. The quantitative estimate of drug-likeness (QED) is 0.734. The van der Waals surface area contributed by atoms with Crippen molar-refractivity contribution >= 4 is 22.8 Å². The first-order chi connectivity index (χ1) is 12.0. The SMILES string of the molecule is COc1ccc(OC)c(CNc2nc(N(C)C)nc3c2cnn3C)c1. The maximum atomic E-state index is 5.43. The van der Waals surface area contributed by atoms with E-state index in [0.717, 1.165) is 33.9 Å². The van der Waals surface area contributed by atoms with E-state index < -0.39 is 0 Å². The molecule has 0 aliphatic heterocycles. The van der Waals surface area contributed by atoms with Crippen molar-refractivity contribution in [2.45, 2.75) is 6.54 Å². The number of benzene rings is 1. The van der Waals surface area contributed by atoms with Gasteiger partial charge in [0.15, 0.2) is 5.65 Å². The summed E-state index contributed by atoms with van der Waals surface area (Å²) in [6.07, 6.45) is 1.76. The number of rotatable bonds is 6. The third kappa shape index (κ3) is 3.28. The van der Waals surface area contributed by atoms with Crippen LogP contribution in [0.3, 0.4) is 0 Å². The van der Waals surface area contributed by atoms with Crippen molar-refractivity contribution < 1.29 is 9.47 Å². The lowest BCUT2D eigenvalue weighted by Gasteiger charge is -2.15. The highest BCUT2D eigenvalue weighted by Gasteiger charge is 2.13. The maximum Gasteiger partial charge on any atom is 0.228 e. The van der Waals surface area contributed by atoms with E-state index >= 15 is 0 Å². The molecule has 0 fully saturated rings. The van der Waals surface area contributed by atoms with Gasteiger partial charge in [0.05, 0.1) is 25.8 Å². The second-order valence-corrected chi connectivity index (χ2v) is 5.80. The number of ether oxygens (including phenoxy) is 2. The lowest BCUT2D eigenvalue weighted by molar-refractivity contribution is 0.399. The van der Waals surface area contributed by atoms with Crippen LogP contribution >= 0.6 is 0 Å². The Morgan fingerprint density at radius 2 is 1.96 bits per heavy atom. The predicted molar refractivity (Wildman–Crippen MR) is 97.5 cm³/mol. The second kappa shape index (κ2) is 6.84. The molecule has 0 bridgehead atoms. The van der Waals surface area contributed by atoms with Gasteiger partial charge in [0.25, 0.3) is 0 Å². The third-order valence-electron chi connectivity index (χ3n) is 3.91. The molecule has 0 spiro atoms. The van der Waals surface area contributed by atoms with Gasteiger partial charge >= 0.3 is 0 Å². The number of aryl methyl sites for hydroxylation is 1. The van der Waals surface area contributed by atoms with E-state index in [1.54, 1.807) is 25.1 Å². The molecule has 2 aromatic heterocycles. The molecule has 8 heteroatoms. The molecule has 0 radical (unpaired) electrons. The number of fused-ring (bicyclic) bond motifs is 1. The molecule has 3 aromatic rings. The average molecular weight is 342 g/mol. The number of anilines is 2. The van der Waals surface area contributed by atoms with Crippen molar-refractivity contribution in [2.24, 2.45) is 7.05 Å². The van der Waals surface area contributed by atoms with Crippen molar-refractivity contribution in [2.75, 3.05) is 38.5 Å². The van der Waals surface area contributed by atoms with Crippen LogP contribution < -0.4 is 19.7 Å². The van der Waals surface area contributed by atoms with Gasteiger partial charge < -0.3 is 19.7 Å². The molecule has 2 heterocycles. The highest BCUT2D eigenvalue weighted by molar-refractivity contribution is 5.87. The van der Waals surface area contributed by atoms with Gasteiger partial charge in [0.2, 0.25) is 5.95 Å². The third-order valence-corrected chi connectivity index (χ3v) is 3.91. The molecule has 0 aliphatic rings. The van der Waals surface area contributed by atoms with Crippen molar-refractivity contribution in [3.05, 3.63) is 30.0 Å². The van der Waals surface area contributed by atoms with Gasteiger partial charge in [-0.1, -0.05) is 0 Å². The topological polar surface area (TPSA) is 77.3 Å². The number of aromatic nitrogens is 4. The monoisotopic (exact) mass is 342 g/mol. The summed E-state index contributed by atoms with van der Waals surface area (Å²) in [5, 5.41) is 8.53. The van der Waals surface area contributed by atoms with E-state index in [-0.39, 0.29) is 0 Å². The van der Waals surface area contributed by atoms with Gasteiger partial charge in [0.1, 0.15) is 17.3 Å². The van der Waals surface area contributed by atoms with Crippen LogP contribution in [-0.4, -0.2) is 48.1 Å². The van der Waals surface area contributed by atoms with Crippen LogP contribution in [0.1, 0.15) is 5.56 Å². The van der Waals surface area contributed by atoms with Gasteiger partial charge in [-0.05, 0) is 18.2 Å². The van der Waals surface area contributed by atoms with Crippen molar-refractivity contribution in [3.63, 3.8) is 0 Å². The summed E-state index contributed by atoms with van der Waals surface area (Å²) in [4.78, 5) is 11.0. The fraction of sp³-hybridized carbons (Fsp3) is 0.353. The Hall–Kier alpha value is -3.03. The zero-order valence-corrected chi connectivity index (χ0v) is 15.1. The first kappa shape index (κ1) is 16.8. The standard InChI is InChI=1S/C17H22N6O2/c1-22(2)17-20-15(13-10-19-23(3)16(13)21-17)18-9-11-8-12(24-4)6-7-14(11)25-5/h6-8,10H,9H2,1-5H3,(H,18,20,21). The summed E-state index contributed by atoms with van der Waals surface area (Å²) < 4.78 is 12.5. The molecule has 0 atom stereocenters. The van der Waals surface area contributed by atoms with Crippen LogP contribution in [0.15, 0.2) is 24.4 Å². The Kier molecular flexibility index (Phi) is 4.60. The van der Waals surface area contributed by atoms with Gasteiger partial charge in [-0.2, -0.15) is 15.1 Å². The smallest absolute Gasteiger partial charge is 0.228 e. The largest absolute Gasteiger partial charge is 0.497 e. The number of nitrogens with zero attached hydrogens (tertiary/aromatic N) is 5. The van der Waals surface area contributed by atoms with Crippen LogP contribution in [0.2, 0.25) is 0 Å². The molecule has 25 heavy (non-hydrogen) atoms. The Morgan fingerprint density at radius 3 is 2.64 bits per heavy atom. The fourth-order valence-electron chi connectivity index (χ4n) is 2.54. The minimum Gasteiger partial charge on any atom is -0.497 e. The second-order valence-electron chi connectivity index (χ2n) is 5.80. The van der Waals surface area contributed by atoms with Crippen LogP contribution in [0.25, 0.3) is 11.0 Å². The van der Waals surface area contributed by atoms with Crippen molar-refractivity contribution in [3.8, 4) is 11.5 Å². The molecule has 0 amide bonds. The molecule has 1 N–H and O–H groups in total. The van der Waals surface area contributed by atoms with Crippen LogP contribution in [0, 0.1) is 0 Å². The first-order valence-corrected chi connectivity index (χ1v) is 7.85. The summed E-state index contributed by atoms with van der Waals surface area (Å²) in [5.74, 6) is 2.92. The molecule has 0 saturated heterocycles. The summed E-state index contributed by atoms with van der Waals surface area (Å²) in [7, 11) is 8.98. The van der Waals surface area contributed by atoms with E-state index in [0.29, 0.717) is 12.5 Å². The molecule has 3 rings (SSSR count). The summed E-state index contributed by atoms with van der Waals surface area (Å²) in [5.41, 5.74) is 1.75. The summed E-state index contributed by atoms with van der Waals surface area (Å²) in [6.45, 7) is 0.536. The number of hydrogen-bond donors (Lipinski definition) is 1. The first-order valence-electron chi connectivity index (χ1n) is 7.85. The van der Waals surface area contributed by atoms with Crippen molar-refractivity contribution in [1.29, 1.82) is 0 Å². The van der Waals surface area contributed by atoms with Crippen LogP contribution in [0.4, 0.5) is 11.8 Å². The Balaban J connectivity index is 1.96. The Morgan fingerprint density at radius 1 is 1.16 bits per heavy atom. The number of methoxy groups -OCH3 is 2.